The second-order valence-electron chi connectivity index (χ2n) is 4.44. The third-order valence-corrected chi connectivity index (χ3v) is 4.01. The largest absolute Gasteiger partial charge is 0.369 e. The molecule has 0 atom stereocenters. The van der Waals surface area contributed by atoms with Crippen LogP contribution in [0.5, 0.6) is 0 Å². The molecule has 0 aliphatic heterocycles. The summed E-state index contributed by atoms with van der Waals surface area (Å²) in [5, 5.41) is 11.8. The molecule has 1 heterocycles. The average molecular weight is 340 g/mol. The number of primary amides is 1. The van der Waals surface area contributed by atoms with Crippen molar-refractivity contribution >= 4 is 40.9 Å². The average Bonchev–Trinajstić information content (AvgIpc) is 2.80. The van der Waals surface area contributed by atoms with E-state index in [1.165, 1.54) is 11.8 Å². The summed E-state index contributed by atoms with van der Waals surface area (Å²) in [5.74, 6) is -0.0408. The van der Waals surface area contributed by atoms with Crippen LogP contribution >= 0.6 is 23.4 Å². The molecule has 0 saturated carbocycles. The highest BCUT2D eigenvalue weighted by Crippen LogP contribution is 2.16. The number of benzene rings is 1. The van der Waals surface area contributed by atoms with Gasteiger partial charge >= 0.3 is 0 Å². The molecule has 2 rings (SSSR count). The predicted molar refractivity (Wildman–Crippen MR) is 84.7 cm³/mol. The fourth-order valence-electron chi connectivity index (χ4n) is 1.64. The van der Waals surface area contributed by atoms with Crippen molar-refractivity contribution in [3.63, 3.8) is 0 Å². The molecule has 2 aromatic rings. The molecule has 0 bridgehead atoms. The number of hydrogen-bond donors (Lipinski definition) is 2. The van der Waals surface area contributed by atoms with E-state index in [1.807, 2.05) is 0 Å². The highest BCUT2D eigenvalue weighted by atomic mass is 35.5. The molecule has 0 aliphatic rings. The molecule has 0 radical (unpaired) electrons. The SMILES string of the molecule is Cn1c(CC(=O)Nc2ccc(Cl)cc2)nnc1SCC(N)=O. The standard InChI is InChI=1S/C13H14ClN5O2S/c1-19-11(17-18-13(19)22-7-10(15)20)6-12(21)16-9-4-2-8(14)3-5-9/h2-5H,6-7H2,1H3,(H2,15,20)(H,16,21). The van der Waals surface area contributed by atoms with E-state index in [0.29, 0.717) is 21.7 Å². The summed E-state index contributed by atoms with van der Waals surface area (Å²) < 4.78 is 1.66. The summed E-state index contributed by atoms with van der Waals surface area (Å²) in [6, 6.07) is 6.81. The number of nitrogens with two attached hydrogens (primary N) is 1. The lowest BCUT2D eigenvalue weighted by molar-refractivity contribution is -0.116. The number of rotatable bonds is 6. The summed E-state index contributed by atoms with van der Waals surface area (Å²) in [7, 11) is 1.73. The van der Waals surface area contributed by atoms with E-state index in [0.717, 1.165) is 0 Å². The van der Waals surface area contributed by atoms with Gasteiger partial charge in [0.2, 0.25) is 11.8 Å². The first-order chi connectivity index (χ1) is 10.5. The summed E-state index contributed by atoms with van der Waals surface area (Å²) in [5.41, 5.74) is 5.74. The number of thioether (sulfide) groups is 1. The van der Waals surface area contributed by atoms with Crippen molar-refractivity contribution in [2.75, 3.05) is 11.1 Å². The third-order valence-electron chi connectivity index (χ3n) is 2.72. The lowest BCUT2D eigenvalue weighted by atomic mass is 10.3. The van der Waals surface area contributed by atoms with Crippen molar-refractivity contribution in [3.8, 4) is 0 Å². The van der Waals surface area contributed by atoms with Crippen LogP contribution in [0.25, 0.3) is 0 Å². The molecular weight excluding hydrogens is 326 g/mol. The van der Waals surface area contributed by atoms with Crippen molar-refractivity contribution in [3.05, 3.63) is 35.1 Å². The molecule has 3 N–H and O–H groups in total. The zero-order valence-corrected chi connectivity index (χ0v) is 13.3. The van der Waals surface area contributed by atoms with Gasteiger partial charge in [0, 0.05) is 17.8 Å². The first-order valence-corrected chi connectivity index (χ1v) is 7.67. The van der Waals surface area contributed by atoms with Crippen molar-refractivity contribution in [2.24, 2.45) is 12.8 Å². The lowest BCUT2D eigenvalue weighted by Crippen LogP contribution is -2.17. The van der Waals surface area contributed by atoms with Crippen LogP contribution in [0.2, 0.25) is 5.02 Å². The van der Waals surface area contributed by atoms with Gasteiger partial charge < -0.3 is 15.6 Å². The first-order valence-electron chi connectivity index (χ1n) is 6.30. The highest BCUT2D eigenvalue weighted by Gasteiger charge is 2.13. The van der Waals surface area contributed by atoms with Gasteiger partial charge in [-0.1, -0.05) is 23.4 Å². The van der Waals surface area contributed by atoms with Crippen molar-refractivity contribution in [1.82, 2.24) is 14.8 Å². The van der Waals surface area contributed by atoms with E-state index in [2.05, 4.69) is 15.5 Å². The van der Waals surface area contributed by atoms with Gasteiger partial charge in [-0.15, -0.1) is 10.2 Å². The minimum absolute atomic E-state index is 0.0727. The Labute approximate surface area is 136 Å². The smallest absolute Gasteiger partial charge is 0.232 e. The lowest BCUT2D eigenvalue weighted by Gasteiger charge is -2.05. The molecule has 116 valence electrons. The van der Waals surface area contributed by atoms with E-state index in [1.54, 1.807) is 35.9 Å². The molecule has 7 nitrogen and oxygen atoms in total. The maximum Gasteiger partial charge on any atom is 0.232 e. The molecule has 0 saturated heterocycles. The maximum atomic E-state index is 12.0. The zero-order valence-electron chi connectivity index (χ0n) is 11.7. The predicted octanol–water partition coefficient (Wildman–Crippen LogP) is 1.23. The molecular formula is C13H14ClN5O2S. The number of nitrogens with zero attached hydrogens (tertiary/aromatic N) is 3. The van der Waals surface area contributed by atoms with Crippen LogP contribution in [0.15, 0.2) is 29.4 Å². The van der Waals surface area contributed by atoms with Crippen LogP contribution < -0.4 is 11.1 Å². The van der Waals surface area contributed by atoms with Gasteiger partial charge in [-0.2, -0.15) is 0 Å². The second kappa shape index (κ2) is 7.28. The van der Waals surface area contributed by atoms with Crippen LogP contribution in [0, 0.1) is 0 Å². The summed E-state index contributed by atoms with van der Waals surface area (Å²) in [6.07, 6.45) is 0.0727. The van der Waals surface area contributed by atoms with Crippen LogP contribution in [-0.2, 0) is 23.1 Å². The van der Waals surface area contributed by atoms with Crippen LogP contribution in [0.4, 0.5) is 5.69 Å². The third kappa shape index (κ3) is 4.47. The van der Waals surface area contributed by atoms with E-state index in [9.17, 15) is 9.59 Å². The second-order valence-corrected chi connectivity index (χ2v) is 5.82. The van der Waals surface area contributed by atoms with Crippen LogP contribution in [-0.4, -0.2) is 32.3 Å². The van der Waals surface area contributed by atoms with E-state index in [4.69, 9.17) is 17.3 Å². The fraction of sp³-hybridized carbons (Fsp3) is 0.231. The summed E-state index contributed by atoms with van der Waals surface area (Å²) in [4.78, 5) is 22.8. The molecule has 1 aromatic carbocycles. The number of carbonyl (C=O) groups excluding carboxylic acids is 2. The molecule has 2 amide bonds. The number of anilines is 1. The maximum absolute atomic E-state index is 12.0. The molecule has 22 heavy (non-hydrogen) atoms. The van der Waals surface area contributed by atoms with Crippen molar-refractivity contribution < 1.29 is 9.59 Å². The Balaban J connectivity index is 1.96. The van der Waals surface area contributed by atoms with E-state index in [-0.39, 0.29) is 18.1 Å². The van der Waals surface area contributed by atoms with Gasteiger partial charge in [-0.25, -0.2) is 0 Å². The number of aromatic nitrogens is 3. The summed E-state index contributed by atoms with van der Waals surface area (Å²) in [6.45, 7) is 0. The number of nitrogens with one attached hydrogen (secondary N) is 1. The number of amides is 2. The Morgan fingerprint density at radius 1 is 1.32 bits per heavy atom. The Morgan fingerprint density at radius 2 is 2.00 bits per heavy atom. The topological polar surface area (TPSA) is 103 Å². The zero-order chi connectivity index (χ0) is 16.1. The van der Waals surface area contributed by atoms with Gasteiger partial charge in [0.05, 0.1) is 12.2 Å². The van der Waals surface area contributed by atoms with Gasteiger partial charge in [0.25, 0.3) is 0 Å². The number of carbonyl (C=O) groups is 2. The first kappa shape index (κ1) is 16.3. The van der Waals surface area contributed by atoms with Gasteiger partial charge in [-0.05, 0) is 24.3 Å². The fourth-order valence-corrected chi connectivity index (χ4v) is 2.44. The van der Waals surface area contributed by atoms with Crippen molar-refractivity contribution in [2.45, 2.75) is 11.6 Å². The Bertz CT molecular complexity index is 686. The molecule has 0 spiro atoms. The molecule has 0 aliphatic carbocycles. The minimum Gasteiger partial charge on any atom is -0.369 e. The number of hydrogen-bond acceptors (Lipinski definition) is 5. The van der Waals surface area contributed by atoms with Crippen molar-refractivity contribution in [1.29, 1.82) is 0 Å². The van der Waals surface area contributed by atoms with Crippen LogP contribution in [0.3, 0.4) is 0 Å². The highest BCUT2D eigenvalue weighted by molar-refractivity contribution is 7.99. The van der Waals surface area contributed by atoms with E-state index < -0.39 is 5.91 Å². The van der Waals surface area contributed by atoms with Crippen LogP contribution in [0.1, 0.15) is 5.82 Å². The van der Waals surface area contributed by atoms with E-state index >= 15 is 0 Å². The molecule has 9 heteroatoms. The molecule has 1 aromatic heterocycles. The van der Waals surface area contributed by atoms with Gasteiger partial charge in [-0.3, -0.25) is 9.59 Å². The monoisotopic (exact) mass is 339 g/mol. The Morgan fingerprint density at radius 3 is 2.64 bits per heavy atom. The summed E-state index contributed by atoms with van der Waals surface area (Å²) >= 11 is 6.96. The minimum atomic E-state index is -0.435. The normalized spacial score (nSPS) is 10.5. The van der Waals surface area contributed by atoms with Gasteiger partial charge in [0.1, 0.15) is 5.82 Å². The van der Waals surface area contributed by atoms with Gasteiger partial charge in [0.15, 0.2) is 5.16 Å². The Hall–Kier alpha value is -2.06. The quantitative estimate of drug-likeness (QED) is 0.770. The Kier molecular flexibility index (Phi) is 5.40. The molecule has 0 unspecified atom stereocenters. The molecule has 0 fully saturated rings. The number of halogens is 1.